The van der Waals surface area contributed by atoms with Gasteiger partial charge in [0.15, 0.2) is 6.29 Å². The molecule has 0 unspecified atom stereocenters. The van der Waals surface area contributed by atoms with Crippen molar-refractivity contribution in [2.75, 3.05) is 13.2 Å². The van der Waals surface area contributed by atoms with E-state index >= 15 is 0 Å². The number of hydrogen-bond acceptors (Lipinski definition) is 6. The van der Waals surface area contributed by atoms with Crippen LogP contribution in [-0.2, 0) is 9.47 Å². The molecule has 0 aromatic carbocycles. The van der Waals surface area contributed by atoms with Gasteiger partial charge in [0.25, 0.3) is 0 Å². The van der Waals surface area contributed by atoms with Crippen LogP contribution in [0.15, 0.2) is 0 Å². The molecule has 1 saturated heterocycles. The van der Waals surface area contributed by atoms with Gasteiger partial charge in [0, 0.05) is 6.61 Å². The number of ether oxygens (including phenoxy) is 2. The van der Waals surface area contributed by atoms with E-state index in [4.69, 9.17) is 9.47 Å². The quantitative estimate of drug-likeness (QED) is 0.458. The second-order valence-electron chi connectivity index (χ2n) is 4.67. The minimum absolute atomic E-state index is 0.0914. The molecule has 6 heteroatoms. The van der Waals surface area contributed by atoms with Crippen LogP contribution in [0.4, 0.5) is 0 Å². The SMILES string of the molecule is CCCCCCOC[C@H]1O[C@H](O)[C@H](O)[C@@H](O)[C@@H]1O. The maximum absolute atomic E-state index is 9.64. The molecule has 5 atom stereocenters. The fraction of sp³-hybridized carbons (Fsp3) is 1.00. The second kappa shape index (κ2) is 8.04. The summed E-state index contributed by atoms with van der Waals surface area (Å²) in [6.07, 6.45) is -2.11. The Morgan fingerprint density at radius 1 is 0.944 bits per heavy atom. The van der Waals surface area contributed by atoms with Crippen LogP contribution in [0.5, 0.6) is 0 Å². The zero-order valence-corrected chi connectivity index (χ0v) is 10.7. The molecule has 0 amide bonds. The van der Waals surface area contributed by atoms with Crippen LogP contribution in [0, 0.1) is 0 Å². The van der Waals surface area contributed by atoms with Gasteiger partial charge in [0.05, 0.1) is 6.61 Å². The molecule has 0 aromatic heterocycles. The predicted octanol–water partition coefficient (Wildman–Crippen LogP) is -0.617. The van der Waals surface area contributed by atoms with E-state index in [0.29, 0.717) is 6.61 Å². The minimum Gasteiger partial charge on any atom is -0.387 e. The highest BCUT2D eigenvalue weighted by Gasteiger charge is 2.42. The third-order valence-electron chi connectivity index (χ3n) is 3.11. The van der Waals surface area contributed by atoms with Crippen LogP contribution >= 0.6 is 0 Å². The van der Waals surface area contributed by atoms with Crippen LogP contribution in [0.3, 0.4) is 0 Å². The van der Waals surface area contributed by atoms with Crippen LogP contribution in [0.2, 0.25) is 0 Å². The molecule has 0 aliphatic carbocycles. The van der Waals surface area contributed by atoms with Crippen molar-refractivity contribution in [1.82, 2.24) is 0 Å². The van der Waals surface area contributed by atoms with E-state index in [9.17, 15) is 20.4 Å². The molecule has 0 radical (unpaired) electrons. The Hall–Kier alpha value is -0.240. The molecule has 1 rings (SSSR count). The van der Waals surface area contributed by atoms with Gasteiger partial charge in [-0.3, -0.25) is 0 Å². The molecular formula is C12H24O6. The topological polar surface area (TPSA) is 99.4 Å². The smallest absolute Gasteiger partial charge is 0.184 e. The van der Waals surface area contributed by atoms with E-state index in [0.717, 1.165) is 25.7 Å². The summed E-state index contributed by atoms with van der Waals surface area (Å²) in [5, 5.41) is 37.7. The average molecular weight is 264 g/mol. The number of hydrogen-bond donors (Lipinski definition) is 4. The number of rotatable bonds is 7. The standard InChI is InChI=1S/C12H24O6/c1-2-3-4-5-6-17-7-8-9(13)10(14)11(15)12(16)18-8/h8-16H,2-7H2,1H3/t8-,9-,10+,11-,12+/m1/s1. The third kappa shape index (κ3) is 4.46. The number of aliphatic hydroxyl groups excluding tert-OH is 4. The summed E-state index contributed by atoms with van der Waals surface area (Å²) in [5.41, 5.74) is 0. The Bertz CT molecular complexity index is 225. The zero-order chi connectivity index (χ0) is 13.5. The Morgan fingerprint density at radius 2 is 1.67 bits per heavy atom. The first-order valence-electron chi connectivity index (χ1n) is 6.53. The molecule has 1 aliphatic rings. The molecule has 6 nitrogen and oxygen atoms in total. The van der Waals surface area contributed by atoms with E-state index < -0.39 is 30.7 Å². The van der Waals surface area contributed by atoms with Gasteiger partial charge in [0.2, 0.25) is 0 Å². The highest BCUT2D eigenvalue weighted by molar-refractivity contribution is 4.88. The Kier molecular flexibility index (Phi) is 7.06. The summed E-state index contributed by atoms with van der Waals surface area (Å²) >= 11 is 0. The van der Waals surface area contributed by atoms with Gasteiger partial charge in [0.1, 0.15) is 24.4 Å². The van der Waals surface area contributed by atoms with E-state index in [1.807, 2.05) is 0 Å². The molecule has 1 heterocycles. The molecule has 0 aromatic rings. The average Bonchev–Trinajstić information content (AvgIpc) is 2.37. The third-order valence-corrected chi connectivity index (χ3v) is 3.11. The minimum atomic E-state index is -1.49. The molecule has 108 valence electrons. The van der Waals surface area contributed by atoms with Crippen molar-refractivity contribution in [2.24, 2.45) is 0 Å². The van der Waals surface area contributed by atoms with E-state index in [-0.39, 0.29) is 6.61 Å². The predicted molar refractivity (Wildman–Crippen MR) is 63.9 cm³/mol. The number of aliphatic hydroxyl groups is 4. The van der Waals surface area contributed by atoms with Gasteiger partial charge >= 0.3 is 0 Å². The fourth-order valence-electron chi connectivity index (χ4n) is 1.90. The summed E-state index contributed by atoms with van der Waals surface area (Å²) in [4.78, 5) is 0. The lowest BCUT2D eigenvalue weighted by atomic mass is 9.99. The van der Waals surface area contributed by atoms with E-state index in [1.54, 1.807) is 0 Å². The molecule has 0 saturated carbocycles. The highest BCUT2D eigenvalue weighted by atomic mass is 16.6. The van der Waals surface area contributed by atoms with Crippen molar-refractivity contribution in [2.45, 2.75) is 63.3 Å². The first-order chi connectivity index (χ1) is 8.57. The molecular weight excluding hydrogens is 240 g/mol. The lowest BCUT2D eigenvalue weighted by Gasteiger charge is -2.38. The molecule has 1 fully saturated rings. The van der Waals surface area contributed by atoms with Crippen LogP contribution in [0.1, 0.15) is 32.6 Å². The van der Waals surface area contributed by atoms with Gasteiger partial charge in [-0.05, 0) is 6.42 Å². The first-order valence-corrected chi connectivity index (χ1v) is 6.53. The summed E-state index contributed by atoms with van der Waals surface area (Å²) in [6.45, 7) is 2.77. The van der Waals surface area contributed by atoms with Crippen molar-refractivity contribution in [3.8, 4) is 0 Å². The van der Waals surface area contributed by atoms with Crippen molar-refractivity contribution in [1.29, 1.82) is 0 Å². The zero-order valence-electron chi connectivity index (χ0n) is 10.7. The molecule has 1 aliphatic heterocycles. The van der Waals surface area contributed by atoms with Gasteiger partial charge in [-0.25, -0.2) is 0 Å². The normalized spacial score (nSPS) is 36.8. The maximum Gasteiger partial charge on any atom is 0.184 e. The lowest BCUT2D eigenvalue weighted by Crippen LogP contribution is -2.58. The number of unbranched alkanes of at least 4 members (excludes halogenated alkanes) is 3. The van der Waals surface area contributed by atoms with Gasteiger partial charge in [-0.1, -0.05) is 26.2 Å². The van der Waals surface area contributed by atoms with E-state index in [2.05, 4.69) is 6.92 Å². The molecule has 18 heavy (non-hydrogen) atoms. The molecule has 4 N–H and O–H groups in total. The first kappa shape index (κ1) is 15.8. The van der Waals surface area contributed by atoms with E-state index in [1.165, 1.54) is 0 Å². The molecule has 0 bridgehead atoms. The molecule has 0 spiro atoms. The second-order valence-corrected chi connectivity index (χ2v) is 4.67. The van der Waals surface area contributed by atoms with Crippen LogP contribution in [0.25, 0.3) is 0 Å². The highest BCUT2D eigenvalue weighted by Crippen LogP contribution is 2.20. The summed E-state index contributed by atoms with van der Waals surface area (Å²) in [6, 6.07) is 0. The maximum atomic E-state index is 9.64. The Balaban J connectivity index is 2.21. The summed E-state index contributed by atoms with van der Waals surface area (Å²) in [7, 11) is 0. The van der Waals surface area contributed by atoms with Crippen molar-refractivity contribution >= 4 is 0 Å². The Labute approximate surface area is 107 Å². The van der Waals surface area contributed by atoms with Gasteiger partial charge < -0.3 is 29.9 Å². The van der Waals surface area contributed by atoms with Crippen LogP contribution < -0.4 is 0 Å². The van der Waals surface area contributed by atoms with Crippen LogP contribution in [-0.4, -0.2) is 64.3 Å². The fourth-order valence-corrected chi connectivity index (χ4v) is 1.90. The largest absolute Gasteiger partial charge is 0.387 e. The van der Waals surface area contributed by atoms with Gasteiger partial charge in [-0.15, -0.1) is 0 Å². The monoisotopic (exact) mass is 264 g/mol. The summed E-state index contributed by atoms with van der Waals surface area (Å²) < 4.78 is 10.3. The van der Waals surface area contributed by atoms with Crippen molar-refractivity contribution < 1.29 is 29.9 Å². The van der Waals surface area contributed by atoms with Crippen molar-refractivity contribution in [3.63, 3.8) is 0 Å². The lowest BCUT2D eigenvalue weighted by molar-refractivity contribution is -0.288. The summed E-state index contributed by atoms with van der Waals surface area (Å²) in [5.74, 6) is 0. The Morgan fingerprint density at radius 3 is 2.33 bits per heavy atom. The van der Waals surface area contributed by atoms with Gasteiger partial charge in [-0.2, -0.15) is 0 Å². The van der Waals surface area contributed by atoms with Crippen molar-refractivity contribution in [3.05, 3.63) is 0 Å².